The van der Waals surface area contributed by atoms with Crippen molar-refractivity contribution in [2.24, 2.45) is 0 Å². The monoisotopic (exact) mass is 338 g/mol. The second kappa shape index (κ2) is 6.08. The molecule has 9 heteroatoms. The van der Waals surface area contributed by atoms with E-state index in [-0.39, 0.29) is 12.4 Å². The number of hydrogen-bond donors (Lipinski definition) is 0. The van der Waals surface area contributed by atoms with E-state index >= 15 is 0 Å². The zero-order valence-electron chi connectivity index (χ0n) is 12.8. The average molecular weight is 338 g/mol. The number of alkyl halides is 3. The lowest BCUT2D eigenvalue weighted by molar-refractivity contribution is -0.274. The molecule has 0 atom stereocenters. The fourth-order valence-electron chi connectivity index (χ4n) is 2.34. The largest absolute Gasteiger partial charge is 0.573 e. The molecule has 2 heterocycles. The van der Waals surface area contributed by atoms with Crippen molar-refractivity contribution < 1.29 is 22.6 Å². The molecule has 0 bridgehead atoms. The lowest BCUT2D eigenvalue weighted by atomic mass is 10.1. The van der Waals surface area contributed by atoms with Crippen molar-refractivity contribution in [3.63, 3.8) is 0 Å². The summed E-state index contributed by atoms with van der Waals surface area (Å²) in [5.41, 5.74) is 2.42. The minimum Gasteiger partial charge on any atom is -0.406 e. The third kappa shape index (κ3) is 3.30. The normalized spacial score (nSPS) is 11.9. The molecule has 126 valence electrons. The lowest BCUT2D eigenvalue weighted by Gasteiger charge is -2.11. The maximum absolute atomic E-state index is 12.3. The molecule has 0 N–H and O–H groups in total. The number of aromatic nitrogens is 4. The summed E-state index contributed by atoms with van der Waals surface area (Å²) in [7, 11) is 1.55. The van der Waals surface area contributed by atoms with Crippen LogP contribution < -0.4 is 4.74 Å². The molecular weight excluding hydrogens is 325 g/mol. The predicted molar refractivity (Wildman–Crippen MR) is 78.4 cm³/mol. The van der Waals surface area contributed by atoms with Gasteiger partial charge in [-0.1, -0.05) is 0 Å². The Morgan fingerprint density at radius 2 is 2.00 bits per heavy atom. The van der Waals surface area contributed by atoms with Gasteiger partial charge in [-0.05, 0) is 30.7 Å². The number of aryl methyl sites for hydroxylation is 1. The molecule has 6 nitrogen and oxygen atoms in total. The second-order valence-corrected chi connectivity index (χ2v) is 5.07. The van der Waals surface area contributed by atoms with Gasteiger partial charge in [0.05, 0.1) is 11.9 Å². The Morgan fingerprint density at radius 1 is 1.21 bits per heavy atom. The van der Waals surface area contributed by atoms with Gasteiger partial charge in [-0.25, -0.2) is 0 Å². The topological polar surface area (TPSA) is 61.5 Å². The summed E-state index contributed by atoms with van der Waals surface area (Å²) in [5.74, 6) is 0.333. The molecular formula is C15H13F3N4O2. The molecule has 1 aromatic carbocycles. The first-order valence-electron chi connectivity index (χ1n) is 6.93. The summed E-state index contributed by atoms with van der Waals surface area (Å²) in [6.45, 7) is 1.97. The summed E-state index contributed by atoms with van der Waals surface area (Å²) in [4.78, 5) is 4.29. The van der Waals surface area contributed by atoms with E-state index in [1.165, 1.54) is 18.2 Å². The third-order valence-electron chi connectivity index (χ3n) is 3.34. The van der Waals surface area contributed by atoms with Gasteiger partial charge in [-0.2, -0.15) is 0 Å². The predicted octanol–water partition coefficient (Wildman–Crippen LogP) is 3.14. The van der Waals surface area contributed by atoms with E-state index in [1.807, 2.05) is 0 Å². The van der Waals surface area contributed by atoms with Crippen molar-refractivity contribution in [1.82, 2.24) is 19.6 Å². The summed E-state index contributed by atoms with van der Waals surface area (Å²) in [6, 6.07) is 4.10. The number of rotatable bonds is 4. The van der Waals surface area contributed by atoms with Crippen molar-refractivity contribution in [3.05, 3.63) is 42.0 Å². The molecule has 0 saturated carbocycles. The number of methoxy groups -OCH3 is 1. The average Bonchev–Trinajstić information content (AvgIpc) is 2.89. The van der Waals surface area contributed by atoms with E-state index in [0.717, 1.165) is 0 Å². The quantitative estimate of drug-likeness (QED) is 0.731. The van der Waals surface area contributed by atoms with Gasteiger partial charge in [-0.15, -0.1) is 23.4 Å². The van der Waals surface area contributed by atoms with Crippen LogP contribution in [0.4, 0.5) is 13.2 Å². The summed E-state index contributed by atoms with van der Waals surface area (Å²) in [5, 5.41) is 7.97. The van der Waals surface area contributed by atoms with Crippen LogP contribution in [0.1, 0.15) is 11.4 Å². The Hall–Kier alpha value is -2.68. The summed E-state index contributed by atoms with van der Waals surface area (Å²) >= 11 is 0. The van der Waals surface area contributed by atoms with Crippen LogP contribution in [-0.4, -0.2) is 33.1 Å². The Kier molecular flexibility index (Phi) is 4.10. The number of ether oxygens (including phenoxy) is 2. The third-order valence-corrected chi connectivity index (χ3v) is 3.34. The van der Waals surface area contributed by atoms with E-state index < -0.39 is 6.36 Å². The van der Waals surface area contributed by atoms with Crippen molar-refractivity contribution in [3.8, 4) is 17.0 Å². The molecule has 0 spiro atoms. The van der Waals surface area contributed by atoms with Crippen molar-refractivity contribution in [2.45, 2.75) is 19.9 Å². The molecule has 0 radical (unpaired) electrons. The van der Waals surface area contributed by atoms with Crippen LogP contribution in [0, 0.1) is 6.92 Å². The highest BCUT2D eigenvalue weighted by molar-refractivity contribution is 5.65. The van der Waals surface area contributed by atoms with Gasteiger partial charge < -0.3 is 9.47 Å². The van der Waals surface area contributed by atoms with E-state index in [1.54, 1.807) is 30.8 Å². The maximum atomic E-state index is 12.3. The Morgan fingerprint density at radius 3 is 2.67 bits per heavy atom. The highest BCUT2D eigenvalue weighted by Gasteiger charge is 2.31. The zero-order chi connectivity index (χ0) is 17.3. The highest BCUT2D eigenvalue weighted by Crippen LogP contribution is 2.29. The Balaban J connectivity index is 1.99. The molecule has 24 heavy (non-hydrogen) atoms. The number of fused-ring (bicyclic) bond motifs is 1. The molecule has 3 rings (SSSR count). The molecule has 0 aliphatic heterocycles. The van der Waals surface area contributed by atoms with Gasteiger partial charge >= 0.3 is 6.36 Å². The number of halogens is 3. The van der Waals surface area contributed by atoms with Crippen LogP contribution in [0.15, 0.2) is 30.6 Å². The zero-order valence-corrected chi connectivity index (χ0v) is 12.8. The SMILES string of the molecule is COCc1nnc2cnc(-c3ccc(OC(F)(F)F)cc3C)cn12. The van der Waals surface area contributed by atoms with Crippen LogP contribution in [0.25, 0.3) is 16.9 Å². The van der Waals surface area contributed by atoms with E-state index in [2.05, 4.69) is 19.9 Å². The van der Waals surface area contributed by atoms with Gasteiger partial charge in [-0.3, -0.25) is 9.38 Å². The van der Waals surface area contributed by atoms with Crippen LogP contribution in [-0.2, 0) is 11.3 Å². The fourth-order valence-corrected chi connectivity index (χ4v) is 2.34. The van der Waals surface area contributed by atoms with E-state index in [0.29, 0.717) is 28.3 Å². The smallest absolute Gasteiger partial charge is 0.406 e. The first-order valence-corrected chi connectivity index (χ1v) is 6.93. The van der Waals surface area contributed by atoms with Gasteiger partial charge in [0.1, 0.15) is 12.4 Å². The Labute approximate surface area is 134 Å². The molecule has 3 aromatic rings. The standard InChI is InChI=1S/C15H13F3N4O2/c1-9-5-10(24-15(16,17)18)3-4-11(9)12-7-22-13(6-19-12)20-21-14(22)8-23-2/h3-7H,8H2,1-2H3. The minimum atomic E-state index is -4.72. The van der Waals surface area contributed by atoms with Gasteiger partial charge in [0.2, 0.25) is 0 Å². The maximum Gasteiger partial charge on any atom is 0.573 e. The summed E-state index contributed by atoms with van der Waals surface area (Å²) < 4.78 is 47.6. The molecule has 0 aliphatic carbocycles. The lowest BCUT2D eigenvalue weighted by Crippen LogP contribution is -2.17. The number of hydrogen-bond acceptors (Lipinski definition) is 5. The molecule has 0 saturated heterocycles. The van der Waals surface area contributed by atoms with Crippen molar-refractivity contribution in [2.75, 3.05) is 7.11 Å². The van der Waals surface area contributed by atoms with Gasteiger partial charge in [0.25, 0.3) is 0 Å². The first kappa shape index (κ1) is 16.2. The number of benzene rings is 1. The highest BCUT2D eigenvalue weighted by atomic mass is 19.4. The van der Waals surface area contributed by atoms with E-state index in [9.17, 15) is 13.2 Å². The fraction of sp³-hybridized carbons (Fsp3) is 0.267. The number of nitrogens with zero attached hydrogens (tertiary/aromatic N) is 4. The van der Waals surface area contributed by atoms with E-state index in [4.69, 9.17) is 4.74 Å². The second-order valence-electron chi connectivity index (χ2n) is 5.07. The van der Waals surface area contributed by atoms with Crippen molar-refractivity contribution >= 4 is 5.65 Å². The van der Waals surface area contributed by atoms with Crippen LogP contribution >= 0.6 is 0 Å². The van der Waals surface area contributed by atoms with Crippen molar-refractivity contribution in [1.29, 1.82) is 0 Å². The van der Waals surface area contributed by atoms with Gasteiger partial charge in [0, 0.05) is 18.9 Å². The molecule has 0 unspecified atom stereocenters. The molecule has 0 fully saturated rings. The van der Waals surface area contributed by atoms with Crippen LogP contribution in [0.3, 0.4) is 0 Å². The van der Waals surface area contributed by atoms with Crippen LogP contribution in [0.5, 0.6) is 5.75 Å². The molecule has 0 aliphatic rings. The Bertz CT molecular complexity index is 877. The van der Waals surface area contributed by atoms with Crippen LogP contribution in [0.2, 0.25) is 0 Å². The first-order chi connectivity index (χ1) is 11.4. The molecule has 2 aromatic heterocycles. The summed E-state index contributed by atoms with van der Waals surface area (Å²) in [6.07, 6.45) is -1.46. The van der Waals surface area contributed by atoms with Gasteiger partial charge in [0.15, 0.2) is 11.5 Å². The molecule has 0 amide bonds. The minimum absolute atomic E-state index is 0.269.